The molecule has 3 rings (SSSR count). The molecule has 3 nitrogen and oxygen atoms in total. The lowest BCUT2D eigenvalue weighted by molar-refractivity contribution is 0.289. The lowest BCUT2D eigenvalue weighted by atomic mass is 10.1. The zero-order chi connectivity index (χ0) is 15.2. The highest BCUT2D eigenvalue weighted by Crippen LogP contribution is 2.15. The molecule has 0 radical (unpaired) electrons. The van der Waals surface area contributed by atoms with Crippen LogP contribution in [-0.2, 0) is 13.1 Å². The first-order chi connectivity index (χ1) is 10.8. The van der Waals surface area contributed by atoms with Crippen molar-refractivity contribution in [3.8, 4) is 6.07 Å². The number of nitrogens with zero attached hydrogens (tertiary/aromatic N) is 3. The summed E-state index contributed by atoms with van der Waals surface area (Å²) in [5, 5.41) is 10.2. The summed E-state index contributed by atoms with van der Waals surface area (Å²) in [4.78, 5) is 6.62. The average Bonchev–Trinajstić information content (AvgIpc) is 2.56. The van der Waals surface area contributed by atoms with E-state index in [-0.39, 0.29) is 24.8 Å². The Hall–Kier alpha value is -2.12. The molecule has 0 aliphatic carbocycles. The maximum Gasteiger partial charge on any atom is 0.0871 e. The third kappa shape index (κ3) is 5.21. The molecule has 0 N–H and O–H groups in total. The molecule has 0 bridgehead atoms. The molecule has 1 heterocycles. The maximum absolute atomic E-state index is 9.06. The number of pyridine rings is 1. The first kappa shape index (κ1) is 19.9. The number of aromatic nitrogens is 1. The number of fused-ring (bicyclic) bond motifs is 1. The quantitative estimate of drug-likeness (QED) is 0.624. The van der Waals surface area contributed by atoms with Crippen LogP contribution >= 0.6 is 24.8 Å². The van der Waals surface area contributed by atoms with Crippen molar-refractivity contribution in [2.75, 3.05) is 6.54 Å². The first-order valence-corrected chi connectivity index (χ1v) is 7.32. The van der Waals surface area contributed by atoms with Crippen molar-refractivity contribution in [2.45, 2.75) is 13.1 Å². The molecule has 1 aromatic heterocycles. The zero-order valence-electron chi connectivity index (χ0n) is 13.1. The Kier molecular flexibility index (Phi) is 8.21. The van der Waals surface area contributed by atoms with E-state index in [1.165, 1.54) is 5.56 Å². The minimum atomic E-state index is 0. The van der Waals surface area contributed by atoms with Crippen LogP contribution in [0.1, 0.15) is 11.1 Å². The molecule has 0 fully saturated rings. The zero-order valence-corrected chi connectivity index (χ0v) is 14.8. The molecule has 0 atom stereocenters. The van der Waals surface area contributed by atoms with Crippen LogP contribution in [0.15, 0.2) is 66.9 Å². The Labute approximate surface area is 154 Å². The van der Waals surface area contributed by atoms with Crippen LogP contribution in [0.2, 0.25) is 0 Å². The number of para-hydroxylation sites is 1. The van der Waals surface area contributed by atoms with Crippen molar-refractivity contribution in [1.29, 1.82) is 5.26 Å². The van der Waals surface area contributed by atoms with Gasteiger partial charge >= 0.3 is 0 Å². The van der Waals surface area contributed by atoms with Crippen LogP contribution < -0.4 is 0 Å². The summed E-state index contributed by atoms with van der Waals surface area (Å²) in [6.45, 7) is 1.89. The molecule has 0 spiro atoms. The van der Waals surface area contributed by atoms with Crippen molar-refractivity contribution in [1.82, 2.24) is 9.88 Å². The van der Waals surface area contributed by atoms with Gasteiger partial charge in [-0.1, -0.05) is 48.5 Å². The average molecular weight is 360 g/mol. The maximum atomic E-state index is 9.06. The highest BCUT2D eigenvalue weighted by molar-refractivity contribution is 5.85. The lowest BCUT2D eigenvalue weighted by Gasteiger charge is -2.19. The molecule has 24 heavy (non-hydrogen) atoms. The summed E-state index contributed by atoms with van der Waals surface area (Å²) >= 11 is 0. The Morgan fingerprint density at radius 3 is 2.29 bits per heavy atom. The second kappa shape index (κ2) is 9.89. The van der Waals surface area contributed by atoms with Crippen LogP contribution in [0.4, 0.5) is 0 Å². The number of halogens is 2. The summed E-state index contributed by atoms with van der Waals surface area (Å²) in [5.74, 6) is 0. The third-order valence-electron chi connectivity index (χ3n) is 3.60. The van der Waals surface area contributed by atoms with E-state index in [0.29, 0.717) is 6.54 Å². The van der Waals surface area contributed by atoms with Crippen molar-refractivity contribution in [3.63, 3.8) is 0 Å². The number of rotatable bonds is 5. The summed E-state index contributed by atoms with van der Waals surface area (Å²) in [7, 11) is 0. The molecule has 124 valence electrons. The summed E-state index contributed by atoms with van der Waals surface area (Å²) < 4.78 is 0. The second-order valence-corrected chi connectivity index (χ2v) is 5.33. The van der Waals surface area contributed by atoms with Crippen LogP contribution in [0.25, 0.3) is 10.9 Å². The van der Waals surface area contributed by atoms with Crippen LogP contribution in [-0.4, -0.2) is 16.4 Å². The number of nitriles is 1. The Morgan fingerprint density at radius 1 is 0.875 bits per heavy atom. The highest BCUT2D eigenvalue weighted by Gasteiger charge is 2.07. The first-order valence-electron chi connectivity index (χ1n) is 7.32. The van der Waals surface area contributed by atoms with E-state index < -0.39 is 0 Å². The van der Waals surface area contributed by atoms with Crippen molar-refractivity contribution >= 4 is 35.7 Å². The summed E-state index contributed by atoms with van der Waals surface area (Å²) in [5.41, 5.74) is 3.34. The van der Waals surface area contributed by atoms with Gasteiger partial charge < -0.3 is 0 Å². The molecular formula is C19H19Cl2N3. The van der Waals surface area contributed by atoms with Gasteiger partial charge in [-0.3, -0.25) is 9.88 Å². The minimum absolute atomic E-state index is 0. The molecule has 5 heteroatoms. The van der Waals surface area contributed by atoms with Gasteiger partial charge in [0.25, 0.3) is 0 Å². The van der Waals surface area contributed by atoms with Gasteiger partial charge in [0, 0.05) is 24.7 Å². The van der Waals surface area contributed by atoms with E-state index >= 15 is 0 Å². The van der Waals surface area contributed by atoms with Gasteiger partial charge in [-0.25, -0.2) is 0 Å². The van der Waals surface area contributed by atoms with Gasteiger partial charge in [0.2, 0.25) is 0 Å². The monoisotopic (exact) mass is 359 g/mol. The Balaban J connectivity index is 0.00000144. The fourth-order valence-corrected chi connectivity index (χ4v) is 2.57. The second-order valence-electron chi connectivity index (χ2n) is 5.33. The number of hydrogen-bond acceptors (Lipinski definition) is 3. The topological polar surface area (TPSA) is 39.9 Å². The van der Waals surface area contributed by atoms with Gasteiger partial charge in [0.05, 0.1) is 18.1 Å². The molecule has 2 aromatic carbocycles. The van der Waals surface area contributed by atoms with Gasteiger partial charge in [0.15, 0.2) is 0 Å². The Morgan fingerprint density at radius 2 is 1.54 bits per heavy atom. The summed E-state index contributed by atoms with van der Waals surface area (Å²) in [6.07, 6.45) is 1.90. The van der Waals surface area contributed by atoms with E-state index in [1.54, 1.807) is 0 Å². The summed E-state index contributed by atoms with van der Waals surface area (Å²) in [6, 6.07) is 22.7. The van der Waals surface area contributed by atoms with Crippen LogP contribution in [0, 0.1) is 11.3 Å². The molecule has 3 aromatic rings. The number of hydrogen-bond donors (Lipinski definition) is 0. The van der Waals surface area contributed by atoms with Gasteiger partial charge in [-0.05, 0) is 23.3 Å². The molecule has 0 amide bonds. The van der Waals surface area contributed by atoms with E-state index in [1.807, 2.05) is 42.6 Å². The lowest BCUT2D eigenvalue weighted by Crippen LogP contribution is -2.23. The van der Waals surface area contributed by atoms with Crippen LogP contribution in [0.5, 0.6) is 0 Å². The smallest absolute Gasteiger partial charge is 0.0871 e. The van der Waals surface area contributed by atoms with E-state index in [9.17, 15) is 0 Å². The molecule has 0 aliphatic heterocycles. The van der Waals surface area contributed by atoms with E-state index in [4.69, 9.17) is 5.26 Å². The minimum Gasteiger partial charge on any atom is -0.282 e. The Bertz CT molecular complexity index is 800. The van der Waals surface area contributed by atoms with E-state index in [2.05, 4.69) is 40.2 Å². The standard InChI is InChI=1S/C19H17N3.2ClH/c20-10-11-22(14-16-6-2-1-3-7-16)15-17-12-18-8-4-5-9-19(18)21-13-17;;/h1-9,12-13H,11,14-15H2;2*1H. The van der Waals surface area contributed by atoms with Gasteiger partial charge in [-0.2, -0.15) is 5.26 Å². The molecule has 0 saturated heterocycles. The van der Waals surface area contributed by atoms with Crippen molar-refractivity contribution in [3.05, 3.63) is 78.0 Å². The van der Waals surface area contributed by atoms with Gasteiger partial charge in [0.1, 0.15) is 0 Å². The molecule has 0 aliphatic rings. The van der Waals surface area contributed by atoms with Crippen LogP contribution in [0.3, 0.4) is 0 Å². The van der Waals surface area contributed by atoms with Gasteiger partial charge in [-0.15, -0.1) is 24.8 Å². The van der Waals surface area contributed by atoms with E-state index in [0.717, 1.165) is 29.6 Å². The highest BCUT2D eigenvalue weighted by atomic mass is 35.5. The van der Waals surface area contributed by atoms with Crippen molar-refractivity contribution in [2.24, 2.45) is 0 Å². The predicted molar refractivity (Wildman–Crippen MR) is 102 cm³/mol. The number of benzene rings is 2. The normalized spacial score (nSPS) is 9.83. The fourth-order valence-electron chi connectivity index (χ4n) is 2.57. The largest absolute Gasteiger partial charge is 0.282 e. The predicted octanol–water partition coefficient (Wildman–Crippen LogP) is 4.60. The fraction of sp³-hybridized carbons (Fsp3) is 0.158. The SMILES string of the molecule is Cl.Cl.N#CCN(Cc1ccccc1)Cc1cnc2ccccc2c1. The molecular weight excluding hydrogens is 341 g/mol. The molecule has 0 unspecified atom stereocenters. The van der Waals surface area contributed by atoms with Crippen molar-refractivity contribution < 1.29 is 0 Å². The third-order valence-corrected chi connectivity index (χ3v) is 3.60. The molecule has 0 saturated carbocycles.